The van der Waals surface area contributed by atoms with Gasteiger partial charge in [-0.1, -0.05) is 158 Å². The van der Waals surface area contributed by atoms with Gasteiger partial charge in [-0.2, -0.15) is 0 Å². The van der Waals surface area contributed by atoms with Crippen LogP contribution in [0.25, 0.3) is 22.4 Å². The molecule has 0 fully saturated rings. The zero-order valence-electron chi connectivity index (χ0n) is 35.2. The van der Waals surface area contributed by atoms with Crippen molar-refractivity contribution in [3.05, 3.63) is 257 Å². The quantitative estimate of drug-likeness (QED) is 0.177. The summed E-state index contributed by atoms with van der Waals surface area (Å²) in [5.41, 5.74) is 21.6. The molecule has 3 heteroatoms. The molecule has 5 aromatic carbocycles. The molecule has 302 valence electrons. The van der Waals surface area contributed by atoms with Crippen LogP contribution in [0, 0.1) is 0 Å². The summed E-state index contributed by atoms with van der Waals surface area (Å²) in [5.74, 6) is 0.306. The molecule has 0 bridgehead atoms. The van der Waals surface area contributed by atoms with Gasteiger partial charge in [0.1, 0.15) is 0 Å². The highest BCUT2D eigenvalue weighted by Crippen LogP contribution is 2.54. The molecule has 62 heavy (non-hydrogen) atoms. The van der Waals surface area contributed by atoms with Crippen molar-refractivity contribution in [3.63, 3.8) is 0 Å². The molecule has 0 saturated carbocycles. The van der Waals surface area contributed by atoms with Crippen LogP contribution in [-0.2, 0) is 0 Å². The predicted molar refractivity (Wildman–Crippen MR) is 261 cm³/mol. The van der Waals surface area contributed by atoms with Crippen molar-refractivity contribution >= 4 is 28.3 Å². The molecular weight excluding hydrogens is 751 g/mol. The summed E-state index contributed by atoms with van der Waals surface area (Å²) in [6.45, 7) is 4.70. The average Bonchev–Trinajstić information content (AvgIpc) is 3.69. The first kappa shape index (κ1) is 37.9. The van der Waals surface area contributed by atoms with Gasteiger partial charge in [-0.25, -0.2) is 0 Å². The Bertz CT molecular complexity index is 2860. The summed E-state index contributed by atoms with van der Waals surface area (Å²) < 4.78 is 0. The standard InChI is InChI=1S/C59H51N3/c1-41-18-15-16-37-61(56-29-13-11-25-49(56)51-27-17-28-52-50-26-12-14-30-58(50)62(59(51)52)48-23-9-4-10-24-48)57-36-35-46(38-53(41)57)43-31-33-45(34-32-43)55-40-47(42-19-5-2-6-20-42)39-54(60-55)44-21-7-3-8-22-44/h2-5,7-12,14,16-17,19,21-27,30-40,52,54,60H,1,6,13,15,18,20,28-29H2/b37-16-. The number of rotatable bonds is 7. The Morgan fingerprint density at radius 1 is 0.629 bits per heavy atom. The summed E-state index contributed by atoms with van der Waals surface area (Å²) in [4.78, 5) is 5.00. The van der Waals surface area contributed by atoms with Gasteiger partial charge in [0.15, 0.2) is 0 Å². The van der Waals surface area contributed by atoms with Gasteiger partial charge in [0, 0.05) is 57.3 Å². The highest BCUT2D eigenvalue weighted by atomic mass is 15.2. The third kappa shape index (κ3) is 6.98. The zero-order valence-corrected chi connectivity index (χ0v) is 35.2. The van der Waals surface area contributed by atoms with Crippen molar-refractivity contribution in [2.75, 3.05) is 9.80 Å². The van der Waals surface area contributed by atoms with Crippen molar-refractivity contribution in [3.8, 4) is 11.1 Å². The molecule has 6 aliphatic rings. The Kier molecular flexibility index (Phi) is 10.0. The Morgan fingerprint density at radius 3 is 2.21 bits per heavy atom. The second-order valence-electron chi connectivity index (χ2n) is 17.1. The van der Waals surface area contributed by atoms with E-state index < -0.39 is 0 Å². The molecule has 0 radical (unpaired) electrons. The lowest BCUT2D eigenvalue weighted by Gasteiger charge is -2.34. The number of allylic oxidation sites excluding steroid dienone is 16. The smallest absolute Gasteiger partial charge is 0.0707 e. The first-order valence-electron chi connectivity index (χ1n) is 22.4. The van der Waals surface area contributed by atoms with Gasteiger partial charge in [0.2, 0.25) is 0 Å². The molecule has 0 aromatic heterocycles. The lowest BCUT2D eigenvalue weighted by molar-refractivity contribution is 0.755. The molecular formula is C59H51N3. The first-order chi connectivity index (χ1) is 30.7. The maximum Gasteiger partial charge on any atom is 0.0707 e. The van der Waals surface area contributed by atoms with Crippen LogP contribution in [0.2, 0.25) is 0 Å². The average molecular weight is 802 g/mol. The zero-order chi connectivity index (χ0) is 41.4. The Morgan fingerprint density at radius 2 is 1.37 bits per heavy atom. The van der Waals surface area contributed by atoms with E-state index in [1.54, 1.807) is 0 Å². The van der Waals surface area contributed by atoms with Crippen molar-refractivity contribution in [2.24, 2.45) is 0 Å². The van der Waals surface area contributed by atoms with Crippen LogP contribution in [0.3, 0.4) is 0 Å². The lowest BCUT2D eigenvalue weighted by atomic mass is 9.83. The fraction of sp³-hybridized carbons (Fsp3) is 0.153. The fourth-order valence-electron chi connectivity index (χ4n) is 10.2. The largest absolute Gasteiger partial charge is 0.374 e. The van der Waals surface area contributed by atoms with E-state index in [1.807, 2.05) is 0 Å². The fourth-order valence-corrected chi connectivity index (χ4v) is 10.2. The monoisotopic (exact) mass is 801 g/mol. The maximum atomic E-state index is 4.70. The SMILES string of the molecule is C=C1CC/C=C\N(C2=C(C3=C4C(CC=C3)c3ccccc3N4c3ccccc3)C=CCC2)c2ccc(-c3ccc(C4=CC(C5=CC=CCC5)=CC(c5ccccc5)N4)cc3)cc21. The summed E-state index contributed by atoms with van der Waals surface area (Å²) in [5, 5.41) is 3.86. The van der Waals surface area contributed by atoms with Crippen LogP contribution in [-0.4, -0.2) is 0 Å². The van der Waals surface area contributed by atoms with E-state index in [0.717, 1.165) is 50.6 Å². The van der Waals surface area contributed by atoms with E-state index >= 15 is 0 Å². The number of para-hydroxylation sites is 2. The number of fused-ring (bicyclic) bond motifs is 4. The number of nitrogens with zero attached hydrogens (tertiary/aromatic N) is 2. The van der Waals surface area contributed by atoms with Crippen LogP contribution in [0.1, 0.15) is 79.2 Å². The second kappa shape index (κ2) is 16.4. The van der Waals surface area contributed by atoms with Gasteiger partial charge < -0.3 is 15.1 Å². The van der Waals surface area contributed by atoms with Gasteiger partial charge >= 0.3 is 0 Å². The highest BCUT2D eigenvalue weighted by Gasteiger charge is 2.38. The minimum Gasteiger partial charge on any atom is -0.374 e. The molecule has 0 spiro atoms. The van der Waals surface area contributed by atoms with Gasteiger partial charge in [0.25, 0.3) is 0 Å². The van der Waals surface area contributed by atoms with E-state index in [0.29, 0.717) is 5.92 Å². The molecule has 3 nitrogen and oxygen atoms in total. The normalized spacial score (nSPS) is 21.0. The third-order valence-electron chi connectivity index (χ3n) is 13.3. The molecule has 0 saturated heterocycles. The Hall–Kier alpha value is -7.10. The van der Waals surface area contributed by atoms with Gasteiger partial charge in [0.05, 0.1) is 11.7 Å². The second-order valence-corrected chi connectivity index (χ2v) is 17.1. The molecule has 11 rings (SSSR count). The predicted octanol–water partition coefficient (Wildman–Crippen LogP) is 15.1. The molecule has 0 amide bonds. The van der Waals surface area contributed by atoms with E-state index in [1.165, 1.54) is 89.7 Å². The number of nitrogens with one attached hydrogen (secondary N) is 1. The lowest BCUT2D eigenvalue weighted by Crippen LogP contribution is -2.23. The van der Waals surface area contributed by atoms with Crippen molar-refractivity contribution in [1.82, 2.24) is 5.32 Å². The van der Waals surface area contributed by atoms with Gasteiger partial charge in [-0.05, 0) is 126 Å². The first-order valence-corrected chi connectivity index (χ1v) is 22.4. The molecule has 1 N–H and O–H groups in total. The van der Waals surface area contributed by atoms with Crippen molar-refractivity contribution in [2.45, 2.75) is 56.9 Å². The number of benzene rings is 5. The molecule has 3 heterocycles. The summed E-state index contributed by atoms with van der Waals surface area (Å²) in [6, 6.07) is 46.9. The van der Waals surface area contributed by atoms with Crippen LogP contribution in [0.15, 0.2) is 235 Å². The van der Waals surface area contributed by atoms with Crippen molar-refractivity contribution < 1.29 is 0 Å². The molecule has 3 aliphatic carbocycles. The topological polar surface area (TPSA) is 18.5 Å². The van der Waals surface area contributed by atoms with Crippen LogP contribution < -0.4 is 15.1 Å². The molecule has 5 aromatic rings. The highest BCUT2D eigenvalue weighted by molar-refractivity contribution is 5.85. The minimum absolute atomic E-state index is 0.106. The summed E-state index contributed by atoms with van der Waals surface area (Å²) in [7, 11) is 0. The Labute approximate surface area is 366 Å². The number of hydrogen-bond donors (Lipinski definition) is 1. The van der Waals surface area contributed by atoms with Gasteiger partial charge in [-0.3, -0.25) is 0 Å². The molecule has 2 unspecified atom stereocenters. The summed E-state index contributed by atoms with van der Waals surface area (Å²) in [6.07, 6.45) is 32.7. The summed E-state index contributed by atoms with van der Waals surface area (Å²) >= 11 is 0. The van der Waals surface area contributed by atoms with Gasteiger partial charge in [-0.15, -0.1) is 0 Å². The minimum atomic E-state index is 0.106. The molecule has 3 aliphatic heterocycles. The third-order valence-corrected chi connectivity index (χ3v) is 13.3. The van der Waals surface area contributed by atoms with Crippen LogP contribution >= 0.6 is 0 Å². The van der Waals surface area contributed by atoms with Crippen LogP contribution in [0.4, 0.5) is 17.1 Å². The van der Waals surface area contributed by atoms with E-state index in [4.69, 9.17) is 6.58 Å². The Balaban J connectivity index is 0.957. The van der Waals surface area contributed by atoms with E-state index in [2.05, 4.69) is 209 Å². The number of dihydropyridines is 1. The van der Waals surface area contributed by atoms with Crippen LogP contribution in [0.5, 0.6) is 0 Å². The maximum absolute atomic E-state index is 4.70. The number of anilines is 3. The van der Waals surface area contributed by atoms with Crippen molar-refractivity contribution in [1.29, 1.82) is 0 Å². The van der Waals surface area contributed by atoms with E-state index in [9.17, 15) is 0 Å². The molecule has 2 atom stereocenters. The number of hydrogen-bond acceptors (Lipinski definition) is 3. The van der Waals surface area contributed by atoms with E-state index in [-0.39, 0.29) is 6.04 Å².